The summed E-state index contributed by atoms with van der Waals surface area (Å²) in [6, 6.07) is 0. The zero-order valence-corrected chi connectivity index (χ0v) is 7.68. The van der Waals surface area contributed by atoms with Crippen molar-refractivity contribution in [2.75, 3.05) is 0 Å². The molecule has 0 saturated heterocycles. The molecule has 0 bridgehead atoms. The van der Waals surface area contributed by atoms with Gasteiger partial charge in [-0.3, -0.25) is 0 Å². The molecule has 0 radical (unpaired) electrons. The van der Waals surface area contributed by atoms with Gasteiger partial charge in [-0.25, -0.2) is 9.13 Å². The van der Waals surface area contributed by atoms with E-state index in [2.05, 4.69) is 0 Å². The largest absolute Gasteiger partial charge is 0.466 e. The van der Waals surface area contributed by atoms with Gasteiger partial charge in [0.05, 0.1) is 0 Å². The van der Waals surface area contributed by atoms with E-state index in [-0.39, 0.29) is 16.4 Å². The fourth-order valence-corrected chi connectivity index (χ4v) is 0. The van der Waals surface area contributed by atoms with Gasteiger partial charge in [-0.1, -0.05) is 0 Å². The Labute approximate surface area is 71.7 Å². The van der Waals surface area contributed by atoms with Gasteiger partial charge >= 0.3 is 15.6 Å². The second-order valence-electron chi connectivity index (χ2n) is 1.03. The first-order valence-corrected chi connectivity index (χ1v) is 4.70. The van der Waals surface area contributed by atoms with Crippen LogP contribution in [0.3, 0.4) is 0 Å². The van der Waals surface area contributed by atoms with Crippen molar-refractivity contribution in [2.24, 2.45) is 0 Å². The molecule has 13 heavy (non-hydrogen) atoms. The lowest BCUT2D eigenvalue weighted by Gasteiger charge is -1.82. The van der Waals surface area contributed by atoms with Gasteiger partial charge in [-0.05, 0) is 0 Å². The van der Waals surface area contributed by atoms with Gasteiger partial charge in [-0.15, -0.1) is 0 Å². The molecule has 0 aliphatic heterocycles. The smallest absolute Gasteiger partial charge is 0.412 e. The van der Waals surface area contributed by atoms with Gasteiger partial charge in [0, 0.05) is 0 Å². The molecule has 0 aliphatic carbocycles. The molecule has 0 atom stereocenters. The molecule has 0 aromatic carbocycles. The normalized spacial score (nSPS) is 9.08. The molecule has 0 spiro atoms. The van der Waals surface area contributed by atoms with Crippen LogP contribution < -0.4 is 0 Å². The van der Waals surface area contributed by atoms with Gasteiger partial charge in [0.15, 0.2) is 0 Å². The van der Waals surface area contributed by atoms with Crippen molar-refractivity contribution >= 4 is 15.6 Å². The maximum absolute atomic E-state index is 8.88. The molecule has 0 saturated carbocycles. The summed E-state index contributed by atoms with van der Waals surface area (Å²) in [4.78, 5) is 43.1. The minimum absolute atomic E-state index is 0. The highest BCUT2D eigenvalue weighted by Gasteiger charge is 2.00. The second kappa shape index (κ2) is 10.2. The molecule has 0 unspecified atom stereocenters. The molecular formula is H12O11P2. The van der Waals surface area contributed by atoms with Crippen molar-refractivity contribution in [2.45, 2.75) is 0 Å². The van der Waals surface area contributed by atoms with Crippen molar-refractivity contribution in [3.8, 4) is 0 Å². The minimum atomic E-state index is -4.64. The molecule has 13 heteroatoms. The summed E-state index contributed by atoms with van der Waals surface area (Å²) >= 11 is 0. The molecule has 0 rings (SSSR count). The molecular weight excluding hydrogens is 238 g/mol. The Morgan fingerprint density at radius 3 is 0.538 bits per heavy atom. The van der Waals surface area contributed by atoms with Crippen molar-refractivity contribution in [3.05, 3.63) is 0 Å². The maximum Gasteiger partial charge on any atom is 0.466 e. The predicted molar refractivity (Wildman–Crippen MR) is 39.4 cm³/mol. The number of hydrogen-bond acceptors (Lipinski definition) is 2. The van der Waals surface area contributed by atoms with E-state index in [0.717, 1.165) is 0 Å². The van der Waals surface area contributed by atoms with Gasteiger partial charge in [-0.2, -0.15) is 0 Å². The lowest BCUT2D eigenvalue weighted by molar-refractivity contribution is 0.272. The summed E-state index contributed by atoms with van der Waals surface area (Å²) < 4.78 is 17.8. The van der Waals surface area contributed by atoms with Crippen LogP contribution in [0.5, 0.6) is 0 Å². The fourth-order valence-electron chi connectivity index (χ4n) is 0. The Balaban J connectivity index is -0.0000000267. The number of rotatable bonds is 0. The van der Waals surface area contributed by atoms with Crippen LogP contribution in [0.2, 0.25) is 0 Å². The van der Waals surface area contributed by atoms with Crippen LogP contribution in [0.1, 0.15) is 0 Å². The first-order valence-electron chi connectivity index (χ1n) is 1.57. The molecule has 0 amide bonds. The van der Waals surface area contributed by atoms with E-state index in [1.54, 1.807) is 0 Å². The van der Waals surface area contributed by atoms with Crippen LogP contribution in [-0.4, -0.2) is 45.8 Å². The van der Waals surface area contributed by atoms with Crippen molar-refractivity contribution in [3.63, 3.8) is 0 Å². The van der Waals surface area contributed by atoms with Crippen molar-refractivity contribution in [1.29, 1.82) is 0 Å². The maximum atomic E-state index is 8.88. The summed E-state index contributed by atoms with van der Waals surface area (Å²) in [7, 11) is -9.28. The highest BCUT2D eigenvalue weighted by Crippen LogP contribution is 2.26. The predicted octanol–water partition coefficient (Wildman–Crippen LogP) is -4.33. The van der Waals surface area contributed by atoms with Crippen LogP contribution in [0, 0.1) is 0 Å². The topological polar surface area (TPSA) is 250 Å². The summed E-state index contributed by atoms with van der Waals surface area (Å²) in [5, 5.41) is 0. The molecule has 12 N–H and O–H groups in total. The SMILES string of the molecule is O.O.O.O=P(O)(O)O.O=P(O)(O)O. The van der Waals surface area contributed by atoms with Gasteiger partial charge < -0.3 is 45.8 Å². The van der Waals surface area contributed by atoms with Crippen LogP contribution in [-0.2, 0) is 9.13 Å². The Kier molecular flexibility index (Phi) is 22.9. The lowest BCUT2D eigenvalue weighted by Crippen LogP contribution is -1.66. The van der Waals surface area contributed by atoms with Crippen LogP contribution in [0.25, 0.3) is 0 Å². The third-order valence-corrected chi connectivity index (χ3v) is 0. The van der Waals surface area contributed by atoms with E-state index in [1.165, 1.54) is 0 Å². The van der Waals surface area contributed by atoms with Gasteiger partial charge in [0.1, 0.15) is 0 Å². The van der Waals surface area contributed by atoms with Crippen LogP contribution >= 0.6 is 15.6 Å². The first-order chi connectivity index (χ1) is 4.00. The van der Waals surface area contributed by atoms with E-state index in [1.807, 2.05) is 0 Å². The molecule has 0 fully saturated rings. The Hall–Kier alpha value is 0.1000. The van der Waals surface area contributed by atoms with Gasteiger partial charge in [0.2, 0.25) is 0 Å². The highest BCUT2D eigenvalue weighted by molar-refractivity contribution is 7.45. The van der Waals surface area contributed by atoms with Crippen molar-refractivity contribution < 1.29 is 54.9 Å². The molecule has 11 nitrogen and oxygen atoms in total. The van der Waals surface area contributed by atoms with E-state index < -0.39 is 15.6 Å². The third kappa shape index (κ3) is 123000. The summed E-state index contributed by atoms with van der Waals surface area (Å²) in [6.07, 6.45) is 0. The van der Waals surface area contributed by atoms with E-state index in [4.69, 9.17) is 38.5 Å². The molecule has 0 aromatic rings. The Bertz CT molecular complexity index is 120. The monoisotopic (exact) mass is 250 g/mol. The van der Waals surface area contributed by atoms with E-state index in [9.17, 15) is 0 Å². The van der Waals surface area contributed by atoms with Gasteiger partial charge in [0.25, 0.3) is 0 Å². The minimum Gasteiger partial charge on any atom is -0.412 e. The molecule has 0 heterocycles. The second-order valence-corrected chi connectivity index (χ2v) is 3.08. The summed E-state index contributed by atoms with van der Waals surface area (Å²) in [5.41, 5.74) is 0. The van der Waals surface area contributed by atoms with E-state index in [0.29, 0.717) is 0 Å². The molecule has 0 aliphatic rings. The first kappa shape index (κ1) is 29.2. The number of hydrogen-bond donors (Lipinski definition) is 6. The lowest BCUT2D eigenvalue weighted by atomic mass is 15.8. The van der Waals surface area contributed by atoms with Crippen LogP contribution in [0.15, 0.2) is 0 Å². The zero-order chi connectivity index (χ0) is 9.00. The summed E-state index contributed by atoms with van der Waals surface area (Å²) in [5.74, 6) is 0. The Morgan fingerprint density at radius 2 is 0.538 bits per heavy atom. The quantitative estimate of drug-likeness (QED) is 0.228. The van der Waals surface area contributed by atoms with Crippen molar-refractivity contribution in [1.82, 2.24) is 0 Å². The molecule has 0 aromatic heterocycles. The van der Waals surface area contributed by atoms with Crippen LogP contribution in [0.4, 0.5) is 0 Å². The highest BCUT2D eigenvalue weighted by atomic mass is 31.2. The fraction of sp³-hybridized carbons (Fsp3) is 0. The number of phosphoric acid groups is 2. The standard InChI is InChI=1S/2H3O4P.3H2O/c2*1-5(2,3)4;;;/h2*(H3,1,2,3,4);3*1H2. The average molecular weight is 250 g/mol. The third-order valence-electron chi connectivity index (χ3n) is 0. The van der Waals surface area contributed by atoms with E-state index >= 15 is 0 Å². The zero-order valence-electron chi connectivity index (χ0n) is 5.89. The molecule has 88 valence electrons. The average Bonchev–Trinajstić information content (AvgIpc) is 1.12. The Morgan fingerprint density at radius 1 is 0.538 bits per heavy atom. The summed E-state index contributed by atoms with van der Waals surface area (Å²) in [6.45, 7) is 0.